The molecular formula is C7H14N2O2S. The van der Waals surface area contributed by atoms with E-state index in [4.69, 9.17) is 10.8 Å². The molecule has 5 heteroatoms. The van der Waals surface area contributed by atoms with Crippen molar-refractivity contribution in [2.45, 2.75) is 6.04 Å². The Morgan fingerprint density at radius 3 is 3.00 bits per heavy atom. The van der Waals surface area contributed by atoms with Gasteiger partial charge in [-0.3, -0.25) is 4.79 Å². The molecule has 0 aromatic rings. The molecule has 0 aliphatic heterocycles. The van der Waals surface area contributed by atoms with E-state index in [2.05, 4.69) is 11.9 Å². The van der Waals surface area contributed by atoms with E-state index in [-0.39, 0.29) is 0 Å². The molecule has 0 unspecified atom stereocenters. The summed E-state index contributed by atoms with van der Waals surface area (Å²) in [5.74, 6) is 0.179. The van der Waals surface area contributed by atoms with Gasteiger partial charge in [-0.25, -0.2) is 0 Å². The SMILES string of the molecule is C=CCNCSC[C@H](N)C(=O)O. The zero-order valence-corrected chi connectivity index (χ0v) is 7.64. The first-order valence-electron chi connectivity index (χ1n) is 3.56. The van der Waals surface area contributed by atoms with E-state index in [0.29, 0.717) is 11.6 Å². The minimum Gasteiger partial charge on any atom is -0.480 e. The van der Waals surface area contributed by atoms with Crippen molar-refractivity contribution in [1.82, 2.24) is 5.32 Å². The number of nitrogens with one attached hydrogen (secondary N) is 1. The van der Waals surface area contributed by atoms with E-state index < -0.39 is 12.0 Å². The summed E-state index contributed by atoms with van der Waals surface area (Å²) < 4.78 is 0. The van der Waals surface area contributed by atoms with Crippen molar-refractivity contribution >= 4 is 17.7 Å². The van der Waals surface area contributed by atoms with Gasteiger partial charge < -0.3 is 16.2 Å². The summed E-state index contributed by atoms with van der Waals surface area (Å²) >= 11 is 1.46. The Hall–Kier alpha value is -0.520. The fourth-order valence-electron chi connectivity index (χ4n) is 0.490. The van der Waals surface area contributed by atoms with Gasteiger partial charge in [0.15, 0.2) is 0 Å². The number of hydrogen-bond acceptors (Lipinski definition) is 4. The van der Waals surface area contributed by atoms with Crippen LogP contribution in [0, 0.1) is 0 Å². The minimum absolute atomic E-state index is 0.430. The topological polar surface area (TPSA) is 75.3 Å². The largest absolute Gasteiger partial charge is 0.480 e. The van der Waals surface area contributed by atoms with Crippen molar-refractivity contribution in [3.63, 3.8) is 0 Å². The quantitative estimate of drug-likeness (QED) is 0.296. The zero-order valence-electron chi connectivity index (χ0n) is 6.82. The maximum absolute atomic E-state index is 10.2. The molecule has 0 aliphatic rings. The highest BCUT2D eigenvalue weighted by atomic mass is 32.2. The average Bonchev–Trinajstić information content (AvgIpc) is 2.03. The number of thioether (sulfide) groups is 1. The van der Waals surface area contributed by atoms with Crippen LogP contribution >= 0.6 is 11.8 Å². The van der Waals surface area contributed by atoms with Crippen molar-refractivity contribution in [3.05, 3.63) is 12.7 Å². The summed E-state index contributed by atoms with van der Waals surface area (Å²) in [4.78, 5) is 10.2. The van der Waals surface area contributed by atoms with Gasteiger partial charge in [0, 0.05) is 18.2 Å². The molecule has 0 bridgehead atoms. The molecule has 0 heterocycles. The first-order chi connectivity index (χ1) is 5.68. The molecule has 0 amide bonds. The van der Waals surface area contributed by atoms with E-state index >= 15 is 0 Å². The van der Waals surface area contributed by atoms with Gasteiger partial charge in [0.25, 0.3) is 0 Å². The van der Waals surface area contributed by atoms with Crippen LogP contribution in [0.2, 0.25) is 0 Å². The van der Waals surface area contributed by atoms with Crippen molar-refractivity contribution in [1.29, 1.82) is 0 Å². The van der Waals surface area contributed by atoms with Crippen molar-refractivity contribution in [2.24, 2.45) is 5.73 Å². The lowest BCUT2D eigenvalue weighted by molar-refractivity contribution is -0.137. The lowest BCUT2D eigenvalue weighted by Crippen LogP contribution is -2.33. The number of carboxylic acid groups (broad SMARTS) is 1. The van der Waals surface area contributed by atoms with Crippen LogP contribution in [0.15, 0.2) is 12.7 Å². The highest BCUT2D eigenvalue weighted by molar-refractivity contribution is 7.99. The molecule has 1 atom stereocenters. The van der Waals surface area contributed by atoms with Crippen LogP contribution in [-0.2, 0) is 4.79 Å². The molecular weight excluding hydrogens is 176 g/mol. The van der Waals surface area contributed by atoms with E-state index in [1.807, 2.05) is 0 Å². The highest BCUT2D eigenvalue weighted by Gasteiger charge is 2.09. The van der Waals surface area contributed by atoms with Gasteiger partial charge in [-0.15, -0.1) is 18.3 Å². The predicted octanol–water partition coefficient (Wildman–Crippen LogP) is -0.135. The van der Waals surface area contributed by atoms with Gasteiger partial charge in [0.05, 0.1) is 0 Å². The lowest BCUT2D eigenvalue weighted by Gasteiger charge is -2.05. The van der Waals surface area contributed by atoms with Gasteiger partial charge in [-0.05, 0) is 0 Å². The fraction of sp³-hybridized carbons (Fsp3) is 0.571. The molecule has 0 rings (SSSR count). The number of aliphatic carboxylic acids is 1. The van der Waals surface area contributed by atoms with Crippen molar-refractivity contribution in [3.8, 4) is 0 Å². The van der Waals surface area contributed by atoms with Crippen molar-refractivity contribution < 1.29 is 9.90 Å². The third-order valence-corrected chi connectivity index (χ3v) is 2.11. The van der Waals surface area contributed by atoms with Gasteiger partial charge in [-0.2, -0.15) is 0 Å². The summed E-state index contributed by atoms with van der Waals surface area (Å²) in [5, 5.41) is 11.4. The molecule has 4 N–H and O–H groups in total. The van der Waals surface area contributed by atoms with Crippen LogP contribution in [0.4, 0.5) is 0 Å². The van der Waals surface area contributed by atoms with Crippen LogP contribution in [0.25, 0.3) is 0 Å². The standard InChI is InChI=1S/C7H14N2O2S/c1-2-3-9-5-12-4-6(8)7(10)11/h2,6,9H,1,3-5,8H2,(H,10,11)/t6-/m0/s1. The first-order valence-corrected chi connectivity index (χ1v) is 4.71. The van der Waals surface area contributed by atoms with Crippen LogP contribution < -0.4 is 11.1 Å². The summed E-state index contributed by atoms with van der Waals surface area (Å²) in [6.45, 7) is 4.26. The molecule has 0 saturated carbocycles. The second-order valence-electron chi connectivity index (χ2n) is 2.20. The molecule has 70 valence electrons. The number of rotatable bonds is 7. The van der Waals surface area contributed by atoms with Crippen LogP contribution in [0.5, 0.6) is 0 Å². The smallest absolute Gasteiger partial charge is 0.321 e. The maximum atomic E-state index is 10.2. The van der Waals surface area contributed by atoms with Gasteiger partial charge in [0.1, 0.15) is 6.04 Å². The predicted molar refractivity (Wildman–Crippen MR) is 51.1 cm³/mol. The molecule has 0 aromatic heterocycles. The van der Waals surface area contributed by atoms with E-state index in [1.54, 1.807) is 6.08 Å². The third-order valence-electron chi connectivity index (χ3n) is 1.11. The number of carboxylic acids is 1. The Labute approximate surface area is 76.2 Å². The maximum Gasteiger partial charge on any atom is 0.321 e. The normalized spacial score (nSPS) is 12.4. The minimum atomic E-state index is -0.953. The van der Waals surface area contributed by atoms with E-state index in [1.165, 1.54) is 11.8 Å². The number of nitrogens with two attached hydrogens (primary N) is 1. The monoisotopic (exact) mass is 190 g/mol. The fourth-order valence-corrected chi connectivity index (χ4v) is 1.27. The van der Waals surface area contributed by atoms with Gasteiger partial charge in [0.2, 0.25) is 0 Å². The third kappa shape index (κ3) is 6.21. The zero-order chi connectivity index (χ0) is 9.40. The summed E-state index contributed by atoms with van der Waals surface area (Å²) in [6, 6.07) is -0.763. The van der Waals surface area contributed by atoms with E-state index in [0.717, 1.165) is 6.54 Å². The Morgan fingerprint density at radius 2 is 2.50 bits per heavy atom. The van der Waals surface area contributed by atoms with Gasteiger partial charge in [-0.1, -0.05) is 6.08 Å². The molecule has 0 fully saturated rings. The van der Waals surface area contributed by atoms with Crippen molar-refractivity contribution in [2.75, 3.05) is 18.2 Å². The summed E-state index contributed by atoms with van der Waals surface area (Å²) in [7, 11) is 0. The van der Waals surface area contributed by atoms with E-state index in [9.17, 15) is 4.79 Å². The Kier molecular flexibility index (Phi) is 6.84. The van der Waals surface area contributed by atoms with Crippen LogP contribution in [-0.4, -0.2) is 35.3 Å². The molecule has 4 nitrogen and oxygen atoms in total. The highest BCUT2D eigenvalue weighted by Crippen LogP contribution is 1.98. The van der Waals surface area contributed by atoms with Gasteiger partial charge >= 0.3 is 5.97 Å². The lowest BCUT2D eigenvalue weighted by atomic mass is 10.4. The summed E-state index contributed by atoms with van der Waals surface area (Å²) in [5.41, 5.74) is 5.26. The molecule has 0 radical (unpaired) electrons. The average molecular weight is 190 g/mol. The second kappa shape index (κ2) is 7.15. The molecule has 0 spiro atoms. The number of hydrogen-bond donors (Lipinski definition) is 3. The van der Waals surface area contributed by atoms with Crippen LogP contribution in [0.3, 0.4) is 0 Å². The Morgan fingerprint density at radius 1 is 1.83 bits per heavy atom. The first kappa shape index (κ1) is 11.5. The Balaban J connectivity index is 3.19. The molecule has 0 saturated heterocycles. The molecule has 0 aliphatic carbocycles. The molecule has 0 aromatic carbocycles. The van der Waals surface area contributed by atoms with Crippen LogP contribution in [0.1, 0.15) is 0 Å². The Bertz CT molecular complexity index is 152. The number of carbonyl (C=O) groups is 1. The summed E-state index contributed by atoms with van der Waals surface area (Å²) in [6.07, 6.45) is 1.75. The molecule has 12 heavy (non-hydrogen) atoms. The second-order valence-corrected chi connectivity index (χ2v) is 3.23.